The van der Waals surface area contributed by atoms with Crippen LogP contribution in [0.3, 0.4) is 0 Å². The van der Waals surface area contributed by atoms with E-state index in [1.807, 2.05) is 0 Å². The Hall–Kier alpha value is -1.80. The molecule has 1 aromatic rings. The number of likely N-dealkylation sites (N-methyl/N-ethyl adjacent to an activating group) is 1. The zero-order chi connectivity index (χ0) is 13.1. The highest BCUT2D eigenvalue weighted by Crippen LogP contribution is 2.16. The number of anilines is 1. The van der Waals surface area contributed by atoms with Gasteiger partial charge in [-0.25, -0.2) is 9.67 Å². The molecule has 9 heteroatoms. The highest BCUT2D eigenvalue weighted by Gasteiger charge is 2.32. The number of rotatable bonds is 4. The minimum absolute atomic E-state index is 0.0253. The number of nitrogen functional groups attached to an aromatic ring is 1. The molecule has 17 heavy (non-hydrogen) atoms. The van der Waals surface area contributed by atoms with E-state index in [2.05, 4.69) is 10.1 Å². The molecule has 1 amide bonds. The quantitative estimate of drug-likeness (QED) is 0.833. The van der Waals surface area contributed by atoms with E-state index in [1.54, 1.807) is 0 Å². The second-order valence-electron chi connectivity index (χ2n) is 3.32. The van der Waals surface area contributed by atoms with Gasteiger partial charge in [0.05, 0.1) is 0 Å². The van der Waals surface area contributed by atoms with E-state index < -0.39 is 18.6 Å². The summed E-state index contributed by atoms with van der Waals surface area (Å²) >= 11 is 0. The molecule has 0 aliphatic heterocycles. The van der Waals surface area contributed by atoms with Crippen LogP contribution in [0, 0.1) is 0 Å². The lowest BCUT2D eigenvalue weighted by Crippen LogP contribution is -2.40. The SMILES string of the molecule is CCN(CC(F)(F)F)C(=O)Cn1cnc(N)n1. The molecule has 0 aliphatic rings. The summed E-state index contributed by atoms with van der Waals surface area (Å²) in [7, 11) is 0. The Morgan fingerprint density at radius 3 is 2.65 bits per heavy atom. The van der Waals surface area contributed by atoms with Crippen LogP contribution in [0.15, 0.2) is 6.33 Å². The van der Waals surface area contributed by atoms with Gasteiger partial charge in [0.25, 0.3) is 0 Å². The molecule has 0 atom stereocenters. The number of amides is 1. The maximum absolute atomic E-state index is 12.1. The zero-order valence-corrected chi connectivity index (χ0v) is 9.11. The monoisotopic (exact) mass is 251 g/mol. The maximum atomic E-state index is 12.1. The van der Waals surface area contributed by atoms with Crippen LogP contribution in [0.2, 0.25) is 0 Å². The summed E-state index contributed by atoms with van der Waals surface area (Å²) in [6.07, 6.45) is -3.22. The van der Waals surface area contributed by atoms with Crippen molar-refractivity contribution in [3.05, 3.63) is 6.33 Å². The van der Waals surface area contributed by atoms with Gasteiger partial charge in [-0.15, -0.1) is 5.10 Å². The Balaban J connectivity index is 2.61. The Kier molecular flexibility index (Phi) is 3.92. The fraction of sp³-hybridized carbons (Fsp3) is 0.625. The molecular weight excluding hydrogens is 239 g/mol. The van der Waals surface area contributed by atoms with E-state index in [4.69, 9.17) is 5.73 Å². The van der Waals surface area contributed by atoms with Gasteiger partial charge in [-0.2, -0.15) is 13.2 Å². The van der Waals surface area contributed by atoms with Gasteiger partial charge in [-0.3, -0.25) is 4.79 Å². The zero-order valence-electron chi connectivity index (χ0n) is 9.11. The van der Waals surface area contributed by atoms with Gasteiger partial charge in [0.15, 0.2) is 0 Å². The fourth-order valence-corrected chi connectivity index (χ4v) is 1.22. The molecule has 0 saturated heterocycles. The van der Waals surface area contributed by atoms with E-state index in [0.29, 0.717) is 4.90 Å². The van der Waals surface area contributed by atoms with E-state index in [0.717, 1.165) is 4.68 Å². The average Bonchev–Trinajstić information content (AvgIpc) is 2.59. The first-order valence-electron chi connectivity index (χ1n) is 4.81. The van der Waals surface area contributed by atoms with Crippen LogP contribution in [0.4, 0.5) is 19.1 Å². The van der Waals surface area contributed by atoms with Crippen molar-refractivity contribution in [2.45, 2.75) is 19.6 Å². The number of nitrogens with zero attached hydrogens (tertiary/aromatic N) is 4. The van der Waals surface area contributed by atoms with Crippen molar-refractivity contribution in [2.75, 3.05) is 18.8 Å². The molecule has 0 aromatic carbocycles. The fourth-order valence-electron chi connectivity index (χ4n) is 1.22. The molecule has 6 nitrogen and oxygen atoms in total. The van der Waals surface area contributed by atoms with E-state index in [-0.39, 0.29) is 19.0 Å². The first-order chi connectivity index (χ1) is 7.81. The van der Waals surface area contributed by atoms with Crippen LogP contribution in [-0.2, 0) is 11.3 Å². The molecule has 1 heterocycles. The van der Waals surface area contributed by atoms with Gasteiger partial charge in [-0.05, 0) is 6.92 Å². The van der Waals surface area contributed by atoms with Crippen molar-refractivity contribution >= 4 is 11.9 Å². The third-order valence-electron chi connectivity index (χ3n) is 1.96. The number of alkyl halides is 3. The normalized spacial score (nSPS) is 11.5. The number of halogens is 3. The molecule has 2 N–H and O–H groups in total. The van der Waals surface area contributed by atoms with Crippen LogP contribution in [0.5, 0.6) is 0 Å². The highest BCUT2D eigenvalue weighted by atomic mass is 19.4. The van der Waals surface area contributed by atoms with Crippen molar-refractivity contribution in [2.24, 2.45) is 0 Å². The Bertz CT molecular complexity index is 389. The number of hydrogen-bond acceptors (Lipinski definition) is 4. The molecule has 0 radical (unpaired) electrons. The molecule has 0 aliphatic carbocycles. The topological polar surface area (TPSA) is 77.0 Å². The molecule has 1 rings (SSSR count). The summed E-state index contributed by atoms with van der Waals surface area (Å²) in [6.45, 7) is -0.136. The minimum atomic E-state index is -4.41. The van der Waals surface area contributed by atoms with Crippen LogP contribution in [0.1, 0.15) is 6.92 Å². The predicted molar refractivity (Wildman–Crippen MR) is 52.7 cm³/mol. The average molecular weight is 251 g/mol. The number of carbonyl (C=O) groups is 1. The van der Waals surface area contributed by atoms with E-state index >= 15 is 0 Å². The van der Waals surface area contributed by atoms with E-state index in [1.165, 1.54) is 13.3 Å². The van der Waals surface area contributed by atoms with Gasteiger partial charge in [-0.1, -0.05) is 0 Å². The maximum Gasteiger partial charge on any atom is 0.406 e. The van der Waals surface area contributed by atoms with Gasteiger partial charge < -0.3 is 10.6 Å². The van der Waals surface area contributed by atoms with Crippen LogP contribution >= 0.6 is 0 Å². The van der Waals surface area contributed by atoms with Crippen LogP contribution < -0.4 is 5.73 Å². The summed E-state index contributed by atoms with van der Waals surface area (Å²) in [5, 5.41) is 3.62. The summed E-state index contributed by atoms with van der Waals surface area (Å²) in [6, 6.07) is 0. The smallest absolute Gasteiger partial charge is 0.367 e. The van der Waals surface area contributed by atoms with Gasteiger partial charge in [0, 0.05) is 6.54 Å². The first kappa shape index (κ1) is 13.3. The summed E-state index contributed by atoms with van der Waals surface area (Å²) in [4.78, 5) is 15.8. The summed E-state index contributed by atoms with van der Waals surface area (Å²) in [5.41, 5.74) is 5.22. The minimum Gasteiger partial charge on any atom is -0.367 e. The number of aromatic nitrogens is 3. The predicted octanol–water partition coefficient (Wildman–Crippen LogP) is 0.271. The Morgan fingerprint density at radius 2 is 2.24 bits per heavy atom. The highest BCUT2D eigenvalue weighted by molar-refractivity contribution is 5.75. The van der Waals surface area contributed by atoms with Crippen LogP contribution in [0.25, 0.3) is 0 Å². The second-order valence-corrected chi connectivity index (χ2v) is 3.32. The molecule has 1 aromatic heterocycles. The lowest BCUT2D eigenvalue weighted by molar-refractivity contribution is -0.161. The standard InChI is InChI=1S/C8H12F3N5O/c1-2-15(4-8(9,10)11)6(17)3-16-5-13-7(12)14-16/h5H,2-4H2,1H3,(H2,12,14). The Labute approximate surface area is 95.2 Å². The van der Waals surface area contributed by atoms with Gasteiger partial charge >= 0.3 is 6.18 Å². The van der Waals surface area contributed by atoms with Gasteiger partial charge in [0.1, 0.15) is 19.4 Å². The molecule has 0 saturated carbocycles. The van der Waals surface area contributed by atoms with E-state index in [9.17, 15) is 18.0 Å². The second kappa shape index (κ2) is 5.02. The van der Waals surface area contributed by atoms with Crippen molar-refractivity contribution in [3.63, 3.8) is 0 Å². The number of carbonyl (C=O) groups excluding carboxylic acids is 1. The number of hydrogen-bond donors (Lipinski definition) is 1. The molecule has 0 fully saturated rings. The number of nitrogens with two attached hydrogens (primary N) is 1. The van der Waals surface area contributed by atoms with Crippen molar-refractivity contribution in [1.82, 2.24) is 19.7 Å². The lowest BCUT2D eigenvalue weighted by atomic mass is 10.4. The van der Waals surface area contributed by atoms with Gasteiger partial charge in [0.2, 0.25) is 11.9 Å². The Morgan fingerprint density at radius 1 is 1.59 bits per heavy atom. The third-order valence-corrected chi connectivity index (χ3v) is 1.96. The third kappa shape index (κ3) is 4.29. The molecular formula is C8H12F3N5O. The van der Waals surface area contributed by atoms with Crippen LogP contribution in [-0.4, -0.2) is 44.8 Å². The van der Waals surface area contributed by atoms with Crippen molar-refractivity contribution in [1.29, 1.82) is 0 Å². The molecule has 0 unspecified atom stereocenters. The first-order valence-corrected chi connectivity index (χ1v) is 4.81. The largest absolute Gasteiger partial charge is 0.406 e. The molecule has 0 bridgehead atoms. The summed E-state index contributed by atoms with van der Waals surface area (Å²) in [5.74, 6) is -0.716. The summed E-state index contributed by atoms with van der Waals surface area (Å²) < 4.78 is 37.5. The molecule has 0 spiro atoms. The lowest BCUT2D eigenvalue weighted by Gasteiger charge is -2.22. The van der Waals surface area contributed by atoms with Crippen molar-refractivity contribution in [3.8, 4) is 0 Å². The molecule has 96 valence electrons. The van der Waals surface area contributed by atoms with Crippen molar-refractivity contribution < 1.29 is 18.0 Å².